The van der Waals surface area contributed by atoms with E-state index in [4.69, 9.17) is 5.73 Å². The first-order valence-electron chi connectivity index (χ1n) is 6.02. The first-order chi connectivity index (χ1) is 8.24. The second-order valence-corrected chi connectivity index (χ2v) is 3.89. The van der Waals surface area contributed by atoms with Crippen molar-refractivity contribution in [2.24, 2.45) is 5.73 Å². The van der Waals surface area contributed by atoms with Crippen molar-refractivity contribution in [2.75, 3.05) is 13.1 Å². The van der Waals surface area contributed by atoms with Gasteiger partial charge in [0.25, 0.3) is 5.91 Å². The number of aromatic nitrogens is 2. The van der Waals surface area contributed by atoms with Crippen molar-refractivity contribution >= 4 is 5.91 Å². The molecule has 1 heterocycles. The fraction of sp³-hybridized carbons (Fsp3) is 0.583. The van der Waals surface area contributed by atoms with E-state index < -0.39 is 0 Å². The van der Waals surface area contributed by atoms with Crippen LogP contribution in [0.2, 0.25) is 0 Å². The minimum atomic E-state index is -0.0148. The van der Waals surface area contributed by atoms with Crippen molar-refractivity contribution in [1.82, 2.24) is 15.1 Å². The average molecular weight is 236 g/mol. The van der Waals surface area contributed by atoms with Crippen LogP contribution in [0, 0.1) is 0 Å². The van der Waals surface area contributed by atoms with Crippen molar-refractivity contribution in [3.63, 3.8) is 0 Å². The van der Waals surface area contributed by atoms with Gasteiger partial charge in [-0.2, -0.15) is 10.2 Å². The normalized spacial score (nSPS) is 10.6. The highest BCUT2D eigenvalue weighted by Crippen LogP contribution is 2.12. The summed E-state index contributed by atoms with van der Waals surface area (Å²) in [6.07, 6.45) is 4.89. The summed E-state index contributed by atoms with van der Waals surface area (Å²) in [5, 5.41) is 7.40. The van der Waals surface area contributed by atoms with Crippen LogP contribution < -0.4 is 5.73 Å². The molecule has 0 aliphatic carbocycles. The molecule has 94 valence electrons. The van der Waals surface area contributed by atoms with Gasteiger partial charge in [-0.3, -0.25) is 4.79 Å². The van der Waals surface area contributed by atoms with Gasteiger partial charge in [-0.05, 0) is 18.9 Å². The lowest BCUT2D eigenvalue weighted by Crippen LogP contribution is -2.42. The number of carbonyl (C=O) groups is 1. The number of amides is 1. The highest BCUT2D eigenvalue weighted by molar-refractivity contribution is 5.94. The molecule has 0 spiro atoms. The SMILES string of the molecule is CCC(CC)N(CCN)C(=O)c1ccnnc1. The van der Waals surface area contributed by atoms with E-state index in [0.717, 1.165) is 12.8 Å². The van der Waals surface area contributed by atoms with E-state index in [2.05, 4.69) is 24.0 Å². The molecule has 5 heteroatoms. The zero-order valence-electron chi connectivity index (χ0n) is 10.5. The van der Waals surface area contributed by atoms with Crippen molar-refractivity contribution in [3.8, 4) is 0 Å². The number of hydrogen-bond acceptors (Lipinski definition) is 4. The number of rotatable bonds is 6. The molecule has 0 aliphatic rings. The number of carbonyl (C=O) groups excluding carboxylic acids is 1. The molecule has 1 amide bonds. The molecule has 0 atom stereocenters. The van der Waals surface area contributed by atoms with E-state index in [1.807, 2.05) is 4.90 Å². The Kier molecular flexibility index (Phi) is 5.56. The van der Waals surface area contributed by atoms with Gasteiger partial charge < -0.3 is 10.6 Å². The zero-order chi connectivity index (χ0) is 12.7. The summed E-state index contributed by atoms with van der Waals surface area (Å²) in [6.45, 7) is 5.21. The topological polar surface area (TPSA) is 72.1 Å². The molecule has 0 saturated heterocycles. The molecule has 0 fully saturated rings. The predicted molar refractivity (Wildman–Crippen MR) is 66.5 cm³/mol. The maximum absolute atomic E-state index is 12.3. The minimum Gasteiger partial charge on any atom is -0.334 e. The molecule has 1 aromatic heterocycles. The van der Waals surface area contributed by atoms with E-state index in [1.54, 1.807) is 6.07 Å². The van der Waals surface area contributed by atoms with Gasteiger partial charge in [0.05, 0.1) is 18.0 Å². The second-order valence-electron chi connectivity index (χ2n) is 3.89. The molecule has 2 N–H and O–H groups in total. The van der Waals surface area contributed by atoms with Crippen molar-refractivity contribution in [1.29, 1.82) is 0 Å². The quantitative estimate of drug-likeness (QED) is 0.801. The highest BCUT2D eigenvalue weighted by atomic mass is 16.2. The molecule has 5 nitrogen and oxygen atoms in total. The van der Waals surface area contributed by atoms with E-state index >= 15 is 0 Å². The molecule has 0 bridgehead atoms. The van der Waals surface area contributed by atoms with Gasteiger partial charge in [0.2, 0.25) is 0 Å². The summed E-state index contributed by atoms with van der Waals surface area (Å²) in [5.41, 5.74) is 6.14. The van der Waals surface area contributed by atoms with Crippen LogP contribution in [0.5, 0.6) is 0 Å². The minimum absolute atomic E-state index is 0.0148. The largest absolute Gasteiger partial charge is 0.334 e. The molecule has 1 aromatic rings. The maximum atomic E-state index is 12.3. The van der Waals surface area contributed by atoms with Gasteiger partial charge >= 0.3 is 0 Å². The molecule has 0 aromatic carbocycles. The Balaban J connectivity index is 2.87. The predicted octanol–water partition coefficient (Wildman–Crippen LogP) is 1.07. The lowest BCUT2D eigenvalue weighted by molar-refractivity contribution is 0.0673. The van der Waals surface area contributed by atoms with Crippen molar-refractivity contribution in [2.45, 2.75) is 32.7 Å². The second kappa shape index (κ2) is 6.96. The van der Waals surface area contributed by atoms with Crippen LogP contribution in [0.1, 0.15) is 37.0 Å². The standard InChI is InChI=1S/C12H20N4O/c1-3-11(4-2)16(8-6-13)12(17)10-5-7-14-15-9-10/h5,7,9,11H,3-4,6,8,13H2,1-2H3. The average Bonchev–Trinajstić information content (AvgIpc) is 2.39. The smallest absolute Gasteiger partial charge is 0.255 e. The Bertz CT molecular complexity index is 338. The Morgan fingerprint density at radius 1 is 1.41 bits per heavy atom. The molecule has 0 radical (unpaired) electrons. The Hall–Kier alpha value is -1.49. The van der Waals surface area contributed by atoms with Gasteiger partial charge in [-0.25, -0.2) is 0 Å². The van der Waals surface area contributed by atoms with E-state index in [0.29, 0.717) is 18.7 Å². The van der Waals surface area contributed by atoms with E-state index in [9.17, 15) is 4.79 Å². The molecule has 0 aliphatic heterocycles. The molecular formula is C12H20N4O. The fourth-order valence-electron chi connectivity index (χ4n) is 1.90. The number of nitrogens with two attached hydrogens (primary N) is 1. The first-order valence-corrected chi connectivity index (χ1v) is 6.02. The third-order valence-corrected chi connectivity index (χ3v) is 2.85. The Morgan fingerprint density at radius 2 is 2.12 bits per heavy atom. The lowest BCUT2D eigenvalue weighted by atomic mass is 10.1. The van der Waals surface area contributed by atoms with Crippen LogP contribution in [0.4, 0.5) is 0 Å². The zero-order valence-corrected chi connectivity index (χ0v) is 10.5. The molecule has 1 rings (SSSR count). The molecular weight excluding hydrogens is 216 g/mol. The highest BCUT2D eigenvalue weighted by Gasteiger charge is 2.21. The summed E-state index contributed by atoms with van der Waals surface area (Å²) in [4.78, 5) is 14.1. The summed E-state index contributed by atoms with van der Waals surface area (Å²) >= 11 is 0. The van der Waals surface area contributed by atoms with Crippen molar-refractivity contribution < 1.29 is 4.79 Å². The third-order valence-electron chi connectivity index (χ3n) is 2.85. The number of hydrogen-bond donors (Lipinski definition) is 1. The Morgan fingerprint density at radius 3 is 2.59 bits per heavy atom. The Labute approximate surface area is 102 Å². The van der Waals surface area contributed by atoms with Gasteiger partial charge in [-0.15, -0.1) is 0 Å². The van der Waals surface area contributed by atoms with Gasteiger partial charge in [0.1, 0.15) is 0 Å². The molecule has 0 unspecified atom stereocenters. The van der Waals surface area contributed by atoms with Gasteiger partial charge in [-0.1, -0.05) is 13.8 Å². The van der Waals surface area contributed by atoms with Crippen molar-refractivity contribution in [3.05, 3.63) is 24.0 Å². The monoisotopic (exact) mass is 236 g/mol. The summed E-state index contributed by atoms with van der Waals surface area (Å²) < 4.78 is 0. The van der Waals surface area contributed by atoms with Crippen LogP contribution >= 0.6 is 0 Å². The van der Waals surface area contributed by atoms with Crippen LogP contribution in [0.15, 0.2) is 18.5 Å². The van der Waals surface area contributed by atoms with E-state index in [-0.39, 0.29) is 11.9 Å². The molecule has 0 saturated carbocycles. The van der Waals surface area contributed by atoms with Gasteiger partial charge in [0.15, 0.2) is 0 Å². The fourth-order valence-corrected chi connectivity index (χ4v) is 1.90. The number of nitrogens with zero attached hydrogens (tertiary/aromatic N) is 3. The van der Waals surface area contributed by atoms with Crippen LogP contribution in [0.25, 0.3) is 0 Å². The summed E-state index contributed by atoms with van der Waals surface area (Å²) in [7, 11) is 0. The maximum Gasteiger partial charge on any atom is 0.255 e. The van der Waals surface area contributed by atoms with Gasteiger partial charge in [0, 0.05) is 19.1 Å². The van der Waals surface area contributed by atoms with Crippen LogP contribution in [0.3, 0.4) is 0 Å². The molecule has 17 heavy (non-hydrogen) atoms. The van der Waals surface area contributed by atoms with E-state index in [1.165, 1.54) is 12.4 Å². The lowest BCUT2D eigenvalue weighted by Gasteiger charge is -2.30. The first kappa shape index (κ1) is 13.6. The van der Waals surface area contributed by atoms with Crippen LogP contribution in [-0.2, 0) is 0 Å². The summed E-state index contributed by atoms with van der Waals surface area (Å²) in [5.74, 6) is -0.0148. The third kappa shape index (κ3) is 3.49. The summed E-state index contributed by atoms with van der Waals surface area (Å²) in [6, 6.07) is 1.92. The van der Waals surface area contributed by atoms with Crippen LogP contribution in [-0.4, -0.2) is 40.1 Å².